The van der Waals surface area contributed by atoms with Crippen LogP contribution in [0.5, 0.6) is 0 Å². The Balaban J connectivity index is 0.000000437. The zero-order chi connectivity index (χ0) is 13.3. The maximum Gasteiger partial charge on any atom is 0.171 e. The van der Waals surface area contributed by atoms with Crippen LogP contribution in [0.25, 0.3) is 0 Å². The van der Waals surface area contributed by atoms with Gasteiger partial charge >= 0.3 is 0 Å². The van der Waals surface area contributed by atoms with Crippen LogP contribution in [-0.4, -0.2) is 19.2 Å². The number of rotatable bonds is 4. The summed E-state index contributed by atoms with van der Waals surface area (Å²) in [6.07, 6.45) is 8.77. The van der Waals surface area contributed by atoms with E-state index in [9.17, 15) is 0 Å². The van der Waals surface area contributed by atoms with Crippen molar-refractivity contribution in [2.75, 3.05) is 6.26 Å². The lowest BCUT2D eigenvalue weighted by molar-refractivity contribution is -0.694. The monoisotopic (exact) mass is 259 g/mol. The molecule has 0 aliphatic heterocycles. The molecule has 0 saturated heterocycles. The molecule has 5 heteroatoms. The molecule has 1 aromatic heterocycles. The van der Waals surface area contributed by atoms with Gasteiger partial charge in [0, 0.05) is 17.9 Å². The first-order valence-electron chi connectivity index (χ1n) is 5.75. The van der Waals surface area contributed by atoms with Crippen molar-refractivity contribution in [3.8, 4) is 0 Å². The normalized spacial score (nSPS) is 10.6. The Hall–Kier alpha value is -0.940. The third-order valence-corrected chi connectivity index (χ3v) is 2.10. The fraction of sp³-hybridized carbons (Fsp3) is 0.583. The van der Waals surface area contributed by atoms with Crippen LogP contribution in [0.4, 0.5) is 0 Å². The van der Waals surface area contributed by atoms with Crippen LogP contribution in [0.15, 0.2) is 24.5 Å². The molecule has 0 spiro atoms. The van der Waals surface area contributed by atoms with Crippen molar-refractivity contribution in [1.29, 1.82) is 0 Å². The van der Waals surface area contributed by atoms with Gasteiger partial charge in [-0.2, -0.15) is 0 Å². The summed E-state index contributed by atoms with van der Waals surface area (Å²) in [5.74, 6) is 0. The average Bonchev–Trinajstić information content (AvgIpc) is 2.24. The fourth-order valence-corrected chi connectivity index (χ4v) is 1.30. The van der Waals surface area contributed by atoms with Crippen molar-refractivity contribution in [1.82, 2.24) is 0 Å². The van der Waals surface area contributed by atoms with Crippen LogP contribution in [0.3, 0.4) is 0 Å². The molecule has 0 fully saturated rings. The highest BCUT2D eigenvalue weighted by Crippen LogP contribution is 2.01. The molecule has 1 aromatic rings. The van der Waals surface area contributed by atoms with Gasteiger partial charge in [0.05, 0.1) is 10.1 Å². The number of pyridine rings is 1. The van der Waals surface area contributed by atoms with Gasteiger partial charge in [-0.25, -0.2) is 13.0 Å². The minimum Gasteiger partial charge on any atom is -0.748 e. The highest BCUT2D eigenvalue weighted by atomic mass is 32.2. The number of hydrogen-bond acceptors (Lipinski definition) is 3. The largest absolute Gasteiger partial charge is 0.748 e. The van der Waals surface area contributed by atoms with E-state index in [1.807, 2.05) is 0 Å². The summed E-state index contributed by atoms with van der Waals surface area (Å²) in [6, 6.07) is 4.34. The van der Waals surface area contributed by atoms with Crippen molar-refractivity contribution in [3.63, 3.8) is 0 Å². The lowest BCUT2D eigenvalue weighted by atomic mass is 10.1. The van der Waals surface area contributed by atoms with Crippen molar-refractivity contribution >= 4 is 10.1 Å². The van der Waals surface area contributed by atoms with Gasteiger partial charge < -0.3 is 4.55 Å². The lowest BCUT2D eigenvalue weighted by Crippen LogP contribution is -2.31. The van der Waals surface area contributed by atoms with Crippen molar-refractivity contribution in [3.05, 3.63) is 30.1 Å². The van der Waals surface area contributed by atoms with Crippen LogP contribution in [0.2, 0.25) is 0 Å². The van der Waals surface area contributed by atoms with Gasteiger partial charge in [0.1, 0.15) is 6.54 Å². The molecule has 17 heavy (non-hydrogen) atoms. The van der Waals surface area contributed by atoms with Crippen LogP contribution < -0.4 is 4.57 Å². The Morgan fingerprint density at radius 3 is 2.41 bits per heavy atom. The van der Waals surface area contributed by atoms with Gasteiger partial charge in [-0.3, -0.25) is 0 Å². The third kappa shape index (κ3) is 11.3. The molecule has 98 valence electrons. The molecule has 0 aliphatic rings. The van der Waals surface area contributed by atoms with E-state index >= 15 is 0 Å². The van der Waals surface area contributed by atoms with Gasteiger partial charge in [0.15, 0.2) is 12.4 Å². The second-order valence-electron chi connectivity index (χ2n) is 3.85. The molecule has 0 aliphatic carbocycles. The van der Waals surface area contributed by atoms with Crippen LogP contribution in [-0.2, 0) is 23.1 Å². The Morgan fingerprint density at radius 1 is 1.35 bits per heavy atom. The Kier molecular flexibility index (Phi) is 7.74. The number of unbranched alkanes of at least 4 members (excludes halogenated alkanes) is 1. The van der Waals surface area contributed by atoms with E-state index in [1.165, 1.54) is 24.8 Å². The molecule has 0 amide bonds. The van der Waals surface area contributed by atoms with Gasteiger partial charge in [-0.05, 0) is 25.8 Å². The molecule has 1 heterocycles. The van der Waals surface area contributed by atoms with E-state index in [2.05, 4.69) is 42.9 Å². The fourth-order valence-electron chi connectivity index (χ4n) is 1.30. The van der Waals surface area contributed by atoms with Crippen LogP contribution in [0, 0.1) is 0 Å². The molecule has 0 unspecified atom stereocenters. The van der Waals surface area contributed by atoms with E-state index in [4.69, 9.17) is 13.0 Å². The lowest BCUT2D eigenvalue weighted by Gasteiger charge is -1.97. The molecule has 1 rings (SSSR count). The average molecular weight is 259 g/mol. The van der Waals surface area contributed by atoms with Crippen molar-refractivity contribution in [2.45, 2.75) is 39.7 Å². The maximum absolute atomic E-state index is 9.08. The highest BCUT2D eigenvalue weighted by Gasteiger charge is 1.98. The second-order valence-corrected chi connectivity index (χ2v) is 5.26. The van der Waals surface area contributed by atoms with E-state index in [0.29, 0.717) is 6.26 Å². The Labute approximate surface area is 104 Å². The van der Waals surface area contributed by atoms with Crippen molar-refractivity contribution in [2.24, 2.45) is 0 Å². The molecular weight excluding hydrogens is 238 g/mol. The molecule has 0 bridgehead atoms. The van der Waals surface area contributed by atoms with Gasteiger partial charge in [0.2, 0.25) is 0 Å². The smallest absolute Gasteiger partial charge is 0.171 e. The summed E-state index contributed by atoms with van der Waals surface area (Å²) < 4.78 is 29.5. The first-order valence-corrected chi connectivity index (χ1v) is 7.57. The minimum atomic E-state index is -3.92. The van der Waals surface area contributed by atoms with E-state index in [0.717, 1.165) is 6.54 Å². The predicted molar refractivity (Wildman–Crippen MR) is 66.5 cm³/mol. The SMILES string of the molecule is CCCCc1ccc[n+](CC)c1.CS(=O)(=O)[O-]. The maximum atomic E-state index is 9.08. The Bertz CT molecular complexity index is 408. The third-order valence-electron chi connectivity index (χ3n) is 2.10. The minimum absolute atomic E-state index is 0.604. The first kappa shape index (κ1) is 16.1. The summed E-state index contributed by atoms with van der Waals surface area (Å²) in [5, 5.41) is 0. The van der Waals surface area contributed by atoms with Crippen LogP contribution >= 0.6 is 0 Å². The summed E-state index contributed by atoms with van der Waals surface area (Å²) in [6.45, 7) is 5.47. The van der Waals surface area contributed by atoms with Gasteiger partial charge in [-0.15, -0.1) is 0 Å². The highest BCUT2D eigenvalue weighted by molar-refractivity contribution is 7.84. The van der Waals surface area contributed by atoms with E-state index in [1.54, 1.807) is 0 Å². The summed E-state index contributed by atoms with van der Waals surface area (Å²) >= 11 is 0. The van der Waals surface area contributed by atoms with Crippen molar-refractivity contribution < 1.29 is 17.5 Å². The number of hydrogen-bond donors (Lipinski definition) is 0. The second kappa shape index (κ2) is 8.20. The summed E-state index contributed by atoms with van der Waals surface area (Å²) in [7, 11) is -3.92. The quantitative estimate of drug-likeness (QED) is 0.608. The predicted octanol–water partition coefficient (Wildman–Crippen LogP) is 1.50. The zero-order valence-electron chi connectivity index (χ0n) is 10.7. The van der Waals surface area contributed by atoms with Gasteiger partial charge in [0.25, 0.3) is 0 Å². The summed E-state index contributed by atoms with van der Waals surface area (Å²) in [5.41, 5.74) is 1.46. The summed E-state index contributed by atoms with van der Waals surface area (Å²) in [4.78, 5) is 0. The van der Waals surface area contributed by atoms with Gasteiger partial charge in [-0.1, -0.05) is 13.3 Å². The standard InChI is InChI=1S/C11H18N.CH4O3S/c1-3-5-7-11-8-6-9-12(4-2)10-11;1-5(2,3)4/h6,8-10H,3-5,7H2,1-2H3;1H3,(H,2,3,4)/q+1;/p-1. The molecule has 0 radical (unpaired) electrons. The molecular formula is C12H21NO3S. The number of aromatic nitrogens is 1. The Morgan fingerprint density at radius 2 is 1.94 bits per heavy atom. The number of aryl methyl sites for hydroxylation is 2. The molecule has 0 aromatic carbocycles. The first-order chi connectivity index (χ1) is 7.86. The zero-order valence-corrected chi connectivity index (χ0v) is 11.5. The van der Waals surface area contributed by atoms with Crippen LogP contribution in [0.1, 0.15) is 32.3 Å². The molecule has 0 N–H and O–H groups in total. The topological polar surface area (TPSA) is 61.1 Å². The number of nitrogens with zero attached hydrogens (tertiary/aromatic N) is 1. The van der Waals surface area contributed by atoms with E-state index < -0.39 is 10.1 Å². The molecule has 4 nitrogen and oxygen atoms in total. The molecule has 0 saturated carbocycles. The molecule has 0 atom stereocenters. The van der Waals surface area contributed by atoms with E-state index in [-0.39, 0.29) is 0 Å².